The minimum absolute atomic E-state index is 0.171. The lowest BCUT2D eigenvalue weighted by molar-refractivity contribution is 0.313. The van der Waals surface area contributed by atoms with E-state index in [0.29, 0.717) is 11.8 Å². The van der Waals surface area contributed by atoms with Gasteiger partial charge in [0.15, 0.2) is 0 Å². The first-order valence-corrected chi connectivity index (χ1v) is 14.9. The van der Waals surface area contributed by atoms with Gasteiger partial charge in [-0.2, -0.15) is 4.98 Å². The quantitative estimate of drug-likeness (QED) is 0.398. The summed E-state index contributed by atoms with van der Waals surface area (Å²) >= 11 is 0. The molecule has 1 atom stereocenters. The zero-order valence-corrected chi connectivity index (χ0v) is 22.8. The number of benzene rings is 2. The monoisotopic (exact) mass is 533 g/mol. The summed E-state index contributed by atoms with van der Waals surface area (Å²) in [6.45, 7) is 6.20. The lowest BCUT2D eigenvalue weighted by Crippen LogP contribution is -2.44. The number of nitrogens with zero attached hydrogens (tertiary/aromatic N) is 4. The molecule has 9 nitrogen and oxygen atoms in total. The number of hydrogen-bond donors (Lipinski definition) is 3. The third-order valence-corrected chi connectivity index (χ3v) is 9.68. The number of anilines is 5. The van der Waals surface area contributed by atoms with Crippen LogP contribution in [0.4, 0.5) is 28.8 Å². The Balaban J connectivity index is 1.14. The highest BCUT2D eigenvalue weighted by molar-refractivity contribution is 7.90. The smallest absolute Gasteiger partial charge is 0.229 e. The molecule has 3 N–H and O–H groups in total. The summed E-state index contributed by atoms with van der Waals surface area (Å²) in [5.74, 6) is 1.23. The number of piperazine rings is 1. The number of sulfonamides is 1. The molecule has 1 saturated carbocycles. The minimum atomic E-state index is -3.24. The summed E-state index contributed by atoms with van der Waals surface area (Å²) < 4.78 is 28.0. The third kappa shape index (κ3) is 5.48. The Morgan fingerprint density at radius 3 is 2.39 bits per heavy atom. The molecule has 6 rings (SSSR count). The molecule has 2 aliphatic carbocycles. The van der Waals surface area contributed by atoms with Crippen molar-refractivity contribution in [2.75, 3.05) is 48.8 Å². The van der Waals surface area contributed by atoms with Crippen molar-refractivity contribution in [3.8, 4) is 0 Å². The van der Waals surface area contributed by atoms with Gasteiger partial charge in [-0.05, 0) is 87.2 Å². The Morgan fingerprint density at radius 2 is 1.66 bits per heavy atom. The number of fused-ring (bicyclic) bond motifs is 1. The van der Waals surface area contributed by atoms with Crippen LogP contribution in [0.15, 0.2) is 48.7 Å². The van der Waals surface area contributed by atoms with E-state index < -0.39 is 10.0 Å². The van der Waals surface area contributed by atoms with Crippen LogP contribution in [0.3, 0.4) is 0 Å². The Labute approximate surface area is 224 Å². The zero-order valence-electron chi connectivity index (χ0n) is 21.9. The number of nitrogens with one attached hydrogen (secondary N) is 3. The van der Waals surface area contributed by atoms with E-state index in [4.69, 9.17) is 4.98 Å². The van der Waals surface area contributed by atoms with Crippen molar-refractivity contribution >= 4 is 38.9 Å². The maximum Gasteiger partial charge on any atom is 0.229 e. The number of rotatable bonds is 8. The van der Waals surface area contributed by atoms with Gasteiger partial charge in [0.25, 0.3) is 0 Å². The van der Waals surface area contributed by atoms with Crippen LogP contribution >= 0.6 is 0 Å². The van der Waals surface area contributed by atoms with Gasteiger partial charge < -0.3 is 20.4 Å². The normalized spacial score (nSPS) is 19.8. The van der Waals surface area contributed by atoms with Crippen LogP contribution in [-0.2, 0) is 16.4 Å². The second-order valence-electron chi connectivity index (χ2n) is 10.7. The van der Waals surface area contributed by atoms with Crippen LogP contribution in [0, 0.1) is 6.92 Å². The molecule has 1 aromatic heterocycles. The molecule has 0 radical (unpaired) electrons. The van der Waals surface area contributed by atoms with Crippen LogP contribution in [0.25, 0.3) is 0 Å². The predicted octanol–water partition coefficient (Wildman–Crippen LogP) is 4.09. The molecule has 3 aromatic rings. The number of likely N-dealkylation sites (N-methyl/N-ethyl adjacent to an activating group) is 1. The molecule has 10 heteroatoms. The molecule has 1 aliphatic heterocycles. The van der Waals surface area contributed by atoms with Crippen molar-refractivity contribution in [2.45, 2.75) is 43.9 Å². The summed E-state index contributed by atoms with van der Waals surface area (Å²) in [6.07, 6.45) is 5.00. The maximum absolute atomic E-state index is 12.5. The van der Waals surface area contributed by atoms with E-state index in [9.17, 15) is 8.42 Å². The molecular weight excluding hydrogens is 498 g/mol. The third-order valence-electron chi connectivity index (χ3n) is 7.72. The topological polar surface area (TPSA) is 102 Å². The van der Waals surface area contributed by atoms with Crippen molar-refractivity contribution in [3.05, 3.63) is 65.4 Å². The summed E-state index contributed by atoms with van der Waals surface area (Å²) in [6, 6.07) is 14.4. The van der Waals surface area contributed by atoms with E-state index >= 15 is 0 Å². The highest BCUT2D eigenvalue weighted by atomic mass is 32.2. The molecule has 2 heterocycles. The highest BCUT2D eigenvalue weighted by Gasteiger charge is 2.38. The molecule has 1 saturated heterocycles. The summed E-state index contributed by atoms with van der Waals surface area (Å²) in [5.41, 5.74) is 6.20. The summed E-state index contributed by atoms with van der Waals surface area (Å²) in [4.78, 5) is 14.0. The van der Waals surface area contributed by atoms with Crippen LogP contribution in [0.5, 0.6) is 0 Å². The average molecular weight is 534 g/mol. The number of hydrogen-bond acceptors (Lipinski definition) is 8. The molecule has 38 heavy (non-hydrogen) atoms. The first kappa shape index (κ1) is 25.1. The molecular formula is C28H35N7O2S. The van der Waals surface area contributed by atoms with Crippen molar-refractivity contribution < 1.29 is 8.42 Å². The van der Waals surface area contributed by atoms with Gasteiger partial charge in [-0.25, -0.2) is 18.1 Å². The molecule has 0 bridgehead atoms. The molecule has 200 valence electrons. The zero-order chi connectivity index (χ0) is 26.3. The lowest BCUT2D eigenvalue weighted by Gasteiger charge is -2.34. The first-order valence-electron chi connectivity index (χ1n) is 13.4. The maximum atomic E-state index is 12.5. The minimum Gasteiger partial charge on any atom is -0.369 e. The Kier molecular flexibility index (Phi) is 6.71. The van der Waals surface area contributed by atoms with Gasteiger partial charge in [-0.1, -0.05) is 6.07 Å². The van der Waals surface area contributed by atoms with Crippen LogP contribution in [0.2, 0.25) is 0 Å². The van der Waals surface area contributed by atoms with E-state index in [1.807, 2.05) is 19.1 Å². The van der Waals surface area contributed by atoms with Gasteiger partial charge >= 0.3 is 0 Å². The Bertz CT molecular complexity index is 1420. The van der Waals surface area contributed by atoms with Crippen molar-refractivity contribution in [3.63, 3.8) is 0 Å². The van der Waals surface area contributed by atoms with Gasteiger partial charge in [-0.15, -0.1) is 0 Å². The van der Waals surface area contributed by atoms with Gasteiger partial charge in [-0.3, -0.25) is 0 Å². The molecule has 0 amide bonds. The molecule has 3 aliphatic rings. The summed E-state index contributed by atoms with van der Waals surface area (Å²) in [5, 5.41) is 6.53. The van der Waals surface area contributed by atoms with E-state index in [1.165, 1.54) is 11.3 Å². The van der Waals surface area contributed by atoms with Crippen LogP contribution in [0.1, 0.15) is 42.0 Å². The fourth-order valence-corrected chi connectivity index (χ4v) is 6.78. The Hall–Kier alpha value is -3.21. The second-order valence-corrected chi connectivity index (χ2v) is 12.7. The standard InChI is InChI=1S/C28H35N7O2S/c1-19-18-29-28(31-21-6-8-23(9-7-21)35-15-13-34(2)14-16-35)32-27(19)30-22-5-3-20-4-12-26(25(20)17-22)33-38(36,37)24-10-11-24/h3,5-9,17-18,24,26,33H,4,10-16H2,1-2H3,(H2,29,30,31,32). The number of aryl methyl sites for hydroxylation is 2. The fourth-order valence-electron chi connectivity index (χ4n) is 5.19. The van der Waals surface area contributed by atoms with E-state index in [2.05, 4.69) is 67.5 Å². The van der Waals surface area contributed by atoms with Gasteiger partial charge in [0, 0.05) is 61.0 Å². The van der Waals surface area contributed by atoms with Gasteiger partial charge in [0.1, 0.15) is 5.82 Å². The van der Waals surface area contributed by atoms with E-state index in [1.54, 1.807) is 6.20 Å². The molecule has 0 spiro atoms. The van der Waals surface area contributed by atoms with Crippen molar-refractivity contribution in [2.24, 2.45) is 0 Å². The SMILES string of the molecule is Cc1cnc(Nc2ccc(N3CCN(C)CC3)cc2)nc1Nc1ccc2c(c1)C(NS(=O)(=O)C1CC1)CC2. The fraction of sp³-hybridized carbons (Fsp3) is 0.429. The molecule has 2 aromatic carbocycles. The largest absolute Gasteiger partial charge is 0.369 e. The van der Waals surface area contributed by atoms with E-state index in [0.717, 1.165) is 74.4 Å². The second kappa shape index (κ2) is 10.2. The lowest BCUT2D eigenvalue weighted by atomic mass is 10.1. The summed E-state index contributed by atoms with van der Waals surface area (Å²) in [7, 11) is -1.08. The van der Waals surface area contributed by atoms with Crippen LogP contribution in [-0.4, -0.2) is 61.8 Å². The molecule has 1 unspecified atom stereocenters. The van der Waals surface area contributed by atoms with Gasteiger partial charge in [0.05, 0.1) is 5.25 Å². The van der Waals surface area contributed by atoms with Crippen molar-refractivity contribution in [1.29, 1.82) is 0 Å². The van der Waals surface area contributed by atoms with Crippen LogP contribution < -0.4 is 20.3 Å². The average Bonchev–Trinajstić information content (AvgIpc) is 3.71. The molecule has 2 fully saturated rings. The number of aromatic nitrogens is 2. The first-order chi connectivity index (χ1) is 18.3. The van der Waals surface area contributed by atoms with Gasteiger partial charge in [0.2, 0.25) is 16.0 Å². The highest BCUT2D eigenvalue weighted by Crippen LogP contribution is 2.37. The van der Waals surface area contributed by atoms with E-state index in [-0.39, 0.29) is 11.3 Å². The predicted molar refractivity (Wildman–Crippen MR) is 152 cm³/mol. The van der Waals surface area contributed by atoms with Crippen molar-refractivity contribution in [1.82, 2.24) is 19.6 Å². The Morgan fingerprint density at radius 1 is 0.921 bits per heavy atom.